The van der Waals surface area contributed by atoms with Gasteiger partial charge in [-0.15, -0.1) is 0 Å². The van der Waals surface area contributed by atoms with Crippen molar-refractivity contribution in [2.45, 2.75) is 25.6 Å². The molecule has 0 spiro atoms. The van der Waals surface area contributed by atoms with Crippen molar-refractivity contribution >= 4 is 0 Å². The fraction of sp³-hybridized carbons (Fsp3) is 0.294. The van der Waals surface area contributed by atoms with Crippen LogP contribution in [0.5, 0.6) is 0 Å². The first-order valence-corrected chi connectivity index (χ1v) is 6.65. The Labute approximate surface area is 115 Å². The maximum Gasteiger partial charge on any atom is 0.0942 e. The zero-order chi connectivity index (χ0) is 13.7. The highest BCUT2D eigenvalue weighted by Crippen LogP contribution is 2.20. The molecule has 0 heterocycles. The minimum absolute atomic E-state index is 0.0719. The summed E-state index contributed by atoms with van der Waals surface area (Å²) in [6.07, 6.45) is -0.463. The van der Waals surface area contributed by atoms with Crippen molar-refractivity contribution in [2.75, 3.05) is 7.05 Å². The van der Waals surface area contributed by atoms with Crippen molar-refractivity contribution in [3.05, 3.63) is 71.8 Å². The number of hydrogen-bond acceptors (Lipinski definition) is 2. The lowest BCUT2D eigenvalue weighted by Gasteiger charge is -2.29. The zero-order valence-electron chi connectivity index (χ0n) is 11.5. The minimum atomic E-state index is -0.463. The molecule has 0 saturated carbocycles. The standard InChI is InChI=1S/C17H21NO/c1-14(17(19)16-11-7-4-8-12-16)18(2)13-15-9-5-3-6-10-15/h3-12,14,17,19H,13H2,1-2H3. The van der Waals surface area contributed by atoms with Crippen LogP contribution in [0.15, 0.2) is 60.7 Å². The van der Waals surface area contributed by atoms with Gasteiger partial charge in [0.2, 0.25) is 0 Å². The lowest BCUT2D eigenvalue weighted by molar-refractivity contribution is 0.0688. The normalized spacial score (nSPS) is 14.3. The molecule has 2 atom stereocenters. The monoisotopic (exact) mass is 255 g/mol. The van der Waals surface area contributed by atoms with Crippen molar-refractivity contribution in [3.63, 3.8) is 0 Å². The van der Waals surface area contributed by atoms with Gasteiger partial charge in [0.1, 0.15) is 0 Å². The van der Waals surface area contributed by atoms with E-state index in [9.17, 15) is 5.11 Å². The molecule has 0 aliphatic heterocycles. The lowest BCUT2D eigenvalue weighted by atomic mass is 10.0. The molecule has 0 aliphatic carbocycles. The molecule has 0 radical (unpaired) electrons. The van der Waals surface area contributed by atoms with Gasteiger partial charge in [0.15, 0.2) is 0 Å². The summed E-state index contributed by atoms with van der Waals surface area (Å²) in [5.41, 5.74) is 2.23. The van der Waals surface area contributed by atoms with Crippen molar-refractivity contribution in [3.8, 4) is 0 Å². The van der Waals surface area contributed by atoms with Gasteiger partial charge in [-0.3, -0.25) is 4.90 Å². The van der Waals surface area contributed by atoms with Gasteiger partial charge in [-0.25, -0.2) is 0 Å². The molecule has 0 bridgehead atoms. The summed E-state index contributed by atoms with van der Waals surface area (Å²) < 4.78 is 0. The maximum atomic E-state index is 10.4. The highest BCUT2D eigenvalue weighted by atomic mass is 16.3. The molecule has 2 rings (SSSR count). The summed E-state index contributed by atoms with van der Waals surface area (Å²) >= 11 is 0. The molecular formula is C17H21NO. The van der Waals surface area contributed by atoms with E-state index in [1.54, 1.807) is 0 Å². The molecule has 100 valence electrons. The molecular weight excluding hydrogens is 234 g/mol. The predicted octanol–water partition coefficient (Wildman–Crippen LogP) is 3.24. The summed E-state index contributed by atoms with van der Waals surface area (Å²) in [6.45, 7) is 2.90. The number of benzene rings is 2. The van der Waals surface area contributed by atoms with Gasteiger partial charge in [0, 0.05) is 12.6 Å². The van der Waals surface area contributed by atoms with Crippen LogP contribution in [-0.2, 0) is 6.54 Å². The number of rotatable bonds is 5. The topological polar surface area (TPSA) is 23.5 Å². The molecule has 19 heavy (non-hydrogen) atoms. The molecule has 0 aliphatic rings. The van der Waals surface area contributed by atoms with Gasteiger partial charge in [-0.05, 0) is 25.1 Å². The van der Waals surface area contributed by atoms with Crippen molar-refractivity contribution in [1.29, 1.82) is 0 Å². The van der Waals surface area contributed by atoms with Crippen LogP contribution in [0.4, 0.5) is 0 Å². The summed E-state index contributed by atoms with van der Waals surface area (Å²) in [5.74, 6) is 0. The van der Waals surface area contributed by atoms with E-state index >= 15 is 0 Å². The molecule has 2 nitrogen and oxygen atoms in total. The Kier molecular flexibility index (Phi) is 4.72. The Morgan fingerprint density at radius 1 is 0.947 bits per heavy atom. The fourth-order valence-electron chi connectivity index (χ4n) is 2.19. The van der Waals surface area contributed by atoms with Gasteiger partial charge in [0.05, 0.1) is 6.10 Å². The molecule has 0 aromatic heterocycles. The Balaban J connectivity index is 2.01. The average Bonchev–Trinajstić information content (AvgIpc) is 2.47. The van der Waals surface area contributed by atoms with Gasteiger partial charge in [0.25, 0.3) is 0 Å². The van der Waals surface area contributed by atoms with E-state index in [-0.39, 0.29) is 6.04 Å². The van der Waals surface area contributed by atoms with Gasteiger partial charge >= 0.3 is 0 Å². The van der Waals surface area contributed by atoms with Crippen LogP contribution in [0, 0.1) is 0 Å². The first kappa shape index (κ1) is 13.8. The Hall–Kier alpha value is -1.64. The van der Waals surface area contributed by atoms with Crippen molar-refractivity contribution in [2.24, 2.45) is 0 Å². The van der Waals surface area contributed by atoms with E-state index in [1.165, 1.54) is 5.56 Å². The van der Waals surface area contributed by atoms with E-state index in [2.05, 4.69) is 24.0 Å². The molecule has 0 fully saturated rings. The van der Waals surface area contributed by atoms with Gasteiger partial charge in [-0.1, -0.05) is 60.7 Å². The van der Waals surface area contributed by atoms with E-state index in [1.807, 2.05) is 55.6 Å². The van der Waals surface area contributed by atoms with Crippen LogP contribution in [0.25, 0.3) is 0 Å². The van der Waals surface area contributed by atoms with E-state index in [0.717, 1.165) is 12.1 Å². The minimum Gasteiger partial charge on any atom is -0.387 e. The molecule has 2 heteroatoms. The number of likely N-dealkylation sites (N-methyl/N-ethyl adjacent to an activating group) is 1. The lowest BCUT2D eigenvalue weighted by Crippen LogP contribution is -2.33. The second kappa shape index (κ2) is 6.50. The van der Waals surface area contributed by atoms with Gasteiger partial charge < -0.3 is 5.11 Å². The summed E-state index contributed by atoms with van der Waals surface area (Å²) in [6, 6.07) is 20.2. The smallest absolute Gasteiger partial charge is 0.0942 e. The van der Waals surface area contributed by atoms with Crippen LogP contribution in [0.2, 0.25) is 0 Å². The van der Waals surface area contributed by atoms with Crippen LogP contribution in [0.1, 0.15) is 24.2 Å². The molecule has 0 amide bonds. The number of aliphatic hydroxyl groups is 1. The second-order valence-corrected chi connectivity index (χ2v) is 5.00. The third-order valence-electron chi connectivity index (χ3n) is 3.57. The first-order valence-electron chi connectivity index (χ1n) is 6.65. The molecule has 2 unspecified atom stereocenters. The summed E-state index contributed by atoms with van der Waals surface area (Å²) in [4.78, 5) is 2.17. The van der Waals surface area contributed by atoms with E-state index in [4.69, 9.17) is 0 Å². The molecule has 2 aromatic carbocycles. The summed E-state index contributed by atoms with van der Waals surface area (Å²) in [5, 5.41) is 10.4. The molecule has 0 saturated heterocycles. The second-order valence-electron chi connectivity index (χ2n) is 5.00. The number of nitrogens with zero attached hydrogens (tertiary/aromatic N) is 1. The highest BCUT2D eigenvalue weighted by molar-refractivity contribution is 5.19. The summed E-state index contributed by atoms with van der Waals surface area (Å²) in [7, 11) is 2.05. The van der Waals surface area contributed by atoms with E-state index in [0.29, 0.717) is 0 Å². The van der Waals surface area contributed by atoms with Crippen LogP contribution >= 0.6 is 0 Å². The molecule has 1 N–H and O–H groups in total. The number of aliphatic hydroxyl groups excluding tert-OH is 1. The first-order chi connectivity index (χ1) is 9.18. The fourth-order valence-corrected chi connectivity index (χ4v) is 2.19. The third-order valence-corrected chi connectivity index (χ3v) is 3.57. The van der Waals surface area contributed by atoms with Gasteiger partial charge in [-0.2, -0.15) is 0 Å². The largest absolute Gasteiger partial charge is 0.387 e. The van der Waals surface area contributed by atoms with Crippen LogP contribution in [-0.4, -0.2) is 23.1 Å². The predicted molar refractivity (Wildman–Crippen MR) is 78.8 cm³/mol. The number of hydrogen-bond donors (Lipinski definition) is 1. The third kappa shape index (κ3) is 3.66. The average molecular weight is 255 g/mol. The SMILES string of the molecule is CC(C(O)c1ccccc1)N(C)Cc1ccccc1. The van der Waals surface area contributed by atoms with Crippen LogP contribution < -0.4 is 0 Å². The Bertz CT molecular complexity index is 483. The van der Waals surface area contributed by atoms with Crippen molar-refractivity contribution in [1.82, 2.24) is 4.90 Å². The quantitative estimate of drug-likeness (QED) is 0.886. The Morgan fingerprint density at radius 3 is 2.05 bits per heavy atom. The molecule has 2 aromatic rings. The Morgan fingerprint density at radius 2 is 1.47 bits per heavy atom. The van der Waals surface area contributed by atoms with E-state index < -0.39 is 6.10 Å². The zero-order valence-corrected chi connectivity index (χ0v) is 11.5. The maximum absolute atomic E-state index is 10.4. The van der Waals surface area contributed by atoms with Crippen molar-refractivity contribution < 1.29 is 5.11 Å². The highest BCUT2D eigenvalue weighted by Gasteiger charge is 2.20. The van der Waals surface area contributed by atoms with Crippen LogP contribution in [0.3, 0.4) is 0 Å².